The topological polar surface area (TPSA) is 75.4 Å². The molecule has 19 heavy (non-hydrogen) atoms. The summed E-state index contributed by atoms with van der Waals surface area (Å²) in [6.45, 7) is 4.24. The SMILES string of the molecule is CCCCC1CCC(C(=O)NCC(N)C(C)O)CC1. The van der Waals surface area contributed by atoms with Gasteiger partial charge in [-0.2, -0.15) is 0 Å². The molecule has 4 N–H and O–H groups in total. The first kappa shape index (κ1) is 16.4. The van der Waals surface area contributed by atoms with E-state index in [4.69, 9.17) is 5.73 Å². The number of carbonyl (C=O) groups excluding carboxylic acids is 1. The first-order valence-corrected chi connectivity index (χ1v) is 7.76. The molecule has 1 saturated carbocycles. The van der Waals surface area contributed by atoms with Gasteiger partial charge in [-0.1, -0.05) is 26.2 Å². The average Bonchev–Trinajstić information content (AvgIpc) is 2.42. The van der Waals surface area contributed by atoms with Crippen molar-refractivity contribution in [1.82, 2.24) is 5.32 Å². The smallest absolute Gasteiger partial charge is 0.223 e. The molecule has 0 heterocycles. The van der Waals surface area contributed by atoms with E-state index in [2.05, 4.69) is 12.2 Å². The highest BCUT2D eigenvalue weighted by Crippen LogP contribution is 2.31. The highest BCUT2D eigenvalue weighted by Gasteiger charge is 2.26. The minimum Gasteiger partial charge on any atom is -0.392 e. The summed E-state index contributed by atoms with van der Waals surface area (Å²) in [5.74, 6) is 1.09. The summed E-state index contributed by atoms with van der Waals surface area (Å²) in [6.07, 6.45) is 7.68. The maximum absolute atomic E-state index is 12.0. The van der Waals surface area contributed by atoms with Crippen LogP contribution in [0.2, 0.25) is 0 Å². The largest absolute Gasteiger partial charge is 0.392 e. The minimum atomic E-state index is -0.579. The highest BCUT2D eigenvalue weighted by atomic mass is 16.3. The van der Waals surface area contributed by atoms with Gasteiger partial charge in [0, 0.05) is 18.5 Å². The van der Waals surface area contributed by atoms with Gasteiger partial charge in [-0.25, -0.2) is 0 Å². The number of nitrogens with one attached hydrogen (secondary N) is 1. The van der Waals surface area contributed by atoms with Gasteiger partial charge >= 0.3 is 0 Å². The Morgan fingerprint density at radius 3 is 2.53 bits per heavy atom. The second kappa shape index (κ2) is 8.54. The van der Waals surface area contributed by atoms with Crippen LogP contribution in [-0.2, 0) is 4.79 Å². The quantitative estimate of drug-likeness (QED) is 0.660. The van der Waals surface area contributed by atoms with Gasteiger partial charge in [0.15, 0.2) is 0 Å². The molecule has 1 aliphatic carbocycles. The van der Waals surface area contributed by atoms with Crippen LogP contribution in [-0.4, -0.2) is 29.7 Å². The molecule has 0 saturated heterocycles. The van der Waals surface area contributed by atoms with Crippen LogP contribution in [0.4, 0.5) is 0 Å². The van der Waals surface area contributed by atoms with Gasteiger partial charge in [0.1, 0.15) is 0 Å². The number of rotatable bonds is 7. The average molecular weight is 270 g/mol. The van der Waals surface area contributed by atoms with Gasteiger partial charge in [-0.3, -0.25) is 4.79 Å². The number of nitrogens with two attached hydrogens (primary N) is 1. The first-order chi connectivity index (χ1) is 9.04. The third kappa shape index (κ3) is 5.91. The van der Waals surface area contributed by atoms with Crippen molar-refractivity contribution in [3.8, 4) is 0 Å². The molecule has 4 heteroatoms. The summed E-state index contributed by atoms with van der Waals surface area (Å²) < 4.78 is 0. The molecule has 0 spiro atoms. The lowest BCUT2D eigenvalue weighted by molar-refractivity contribution is -0.126. The number of amides is 1. The summed E-state index contributed by atoms with van der Waals surface area (Å²) in [5.41, 5.74) is 5.71. The Bertz CT molecular complexity index is 261. The van der Waals surface area contributed by atoms with Crippen LogP contribution in [0.1, 0.15) is 58.8 Å². The van der Waals surface area contributed by atoms with Crippen molar-refractivity contribution < 1.29 is 9.90 Å². The Hall–Kier alpha value is -0.610. The molecular weight excluding hydrogens is 240 g/mol. The molecule has 2 unspecified atom stereocenters. The summed E-state index contributed by atoms with van der Waals surface area (Å²) >= 11 is 0. The van der Waals surface area contributed by atoms with Crippen LogP contribution >= 0.6 is 0 Å². The van der Waals surface area contributed by atoms with E-state index in [1.165, 1.54) is 32.1 Å². The van der Waals surface area contributed by atoms with Crippen LogP contribution in [0.25, 0.3) is 0 Å². The van der Waals surface area contributed by atoms with Crippen LogP contribution in [0.5, 0.6) is 0 Å². The number of aliphatic hydroxyl groups excluding tert-OH is 1. The van der Waals surface area contributed by atoms with Gasteiger partial charge in [0.2, 0.25) is 5.91 Å². The molecule has 1 aliphatic rings. The van der Waals surface area contributed by atoms with E-state index in [-0.39, 0.29) is 17.9 Å². The summed E-state index contributed by atoms with van der Waals surface area (Å²) in [4.78, 5) is 12.0. The van der Waals surface area contributed by atoms with Crippen LogP contribution in [0.15, 0.2) is 0 Å². The standard InChI is InChI=1S/C15H30N2O2/c1-3-4-5-12-6-8-13(9-7-12)15(19)17-10-14(16)11(2)18/h11-14,18H,3-10,16H2,1-2H3,(H,17,19). The van der Waals surface area contributed by atoms with Gasteiger partial charge in [0.25, 0.3) is 0 Å². The lowest BCUT2D eigenvalue weighted by Crippen LogP contribution is -2.45. The lowest BCUT2D eigenvalue weighted by Gasteiger charge is -2.28. The zero-order valence-corrected chi connectivity index (χ0v) is 12.4. The van der Waals surface area contributed by atoms with Crippen LogP contribution in [0.3, 0.4) is 0 Å². The maximum atomic E-state index is 12.0. The molecule has 1 amide bonds. The van der Waals surface area contributed by atoms with Gasteiger partial charge in [-0.05, 0) is 38.5 Å². The molecule has 2 atom stereocenters. The lowest BCUT2D eigenvalue weighted by atomic mass is 9.79. The van der Waals surface area contributed by atoms with E-state index in [0.717, 1.165) is 18.8 Å². The molecule has 1 rings (SSSR count). The third-order valence-corrected chi connectivity index (χ3v) is 4.32. The van der Waals surface area contributed by atoms with Crippen molar-refractivity contribution in [1.29, 1.82) is 0 Å². The summed E-state index contributed by atoms with van der Waals surface area (Å²) in [5, 5.41) is 12.2. The Labute approximate surface area is 117 Å². The predicted molar refractivity (Wildman–Crippen MR) is 77.6 cm³/mol. The van der Waals surface area contributed by atoms with E-state index in [1.54, 1.807) is 6.92 Å². The normalized spacial score (nSPS) is 26.7. The van der Waals surface area contributed by atoms with Crippen molar-refractivity contribution >= 4 is 5.91 Å². The number of aliphatic hydroxyl groups is 1. The molecule has 4 nitrogen and oxygen atoms in total. The first-order valence-electron chi connectivity index (χ1n) is 7.76. The molecule has 0 aliphatic heterocycles. The Morgan fingerprint density at radius 2 is 2.00 bits per heavy atom. The summed E-state index contributed by atoms with van der Waals surface area (Å²) in [7, 11) is 0. The zero-order valence-electron chi connectivity index (χ0n) is 12.4. The fourth-order valence-corrected chi connectivity index (χ4v) is 2.74. The van der Waals surface area contributed by atoms with Crippen molar-refractivity contribution in [3.63, 3.8) is 0 Å². The fourth-order valence-electron chi connectivity index (χ4n) is 2.74. The van der Waals surface area contributed by atoms with E-state index >= 15 is 0 Å². The second-order valence-corrected chi connectivity index (χ2v) is 6.01. The molecule has 0 bridgehead atoms. The Kier molecular flexibility index (Phi) is 7.39. The molecule has 112 valence electrons. The maximum Gasteiger partial charge on any atom is 0.223 e. The van der Waals surface area contributed by atoms with E-state index in [9.17, 15) is 9.90 Å². The molecule has 0 aromatic rings. The molecule has 0 radical (unpaired) electrons. The van der Waals surface area contributed by atoms with Crippen molar-refractivity contribution in [2.45, 2.75) is 70.9 Å². The van der Waals surface area contributed by atoms with Crippen molar-refractivity contribution in [2.75, 3.05) is 6.54 Å². The molecule has 0 aromatic carbocycles. The zero-order chi connectivity index (χ0) is 14.3. The summed E-state index contributed by atoms with van der Waals surface area (Å²) in [6, 6.07) is -0.371. The van der Waals surface area contributed by atoms with Crippen molar-refractivity contribution in [3.05, 3.63) is 0 Å². The number of carbonyl (C=O) groups is 1. The third-order valence-electron chi connectivity index (χ3n) is 4.32. The minimum absolute atomic E-state index is 0.116. The fraction of sp³-hybridized carbons (Fsp3) is 0.933. The van der Waals surface area contributed by atoms with Crippen LogP contribution < -0.4 is 11.1 Å². The Morgan fingerprint density at radius 1 is 1.37 bits per heavy atom. The van der Waals surface area contributed by atoms with Gasteiger partial charge < -0.3 is 16.2 Å². The van der Waals surface area contributed by atoms with Crippen LogP contribution in [0, 0.1) is 11.8 Å². The predicted octanol–water partition coefficient (Wildman–Crippen LogP) is 1.81. The number of unbranched alkanes of at least 4 members (excludes halogenated alkanes) is 1. The Balaban J connectivity index is 2.21. The van der Waals surface area contributed by atoms with E-state index < -0.39 is 6.10 Å². The van der Waals surface area contributed by atoms with Gasteiger partial charge in [-0.15, -0.1) is 0 Å². The molecule has 0 aromatic heterocycles. The van der Waals surface area contributed by atoms with E-state index in [0.29, 0.717) is 6.54 Å². The monoisotopic (exact) mass is 270 g/mol. The number of hydrogen-bond donors (Lipinski definition) is 3. The van der Waals surface area contributed by atoms with Gasteiger partial charge in [0.05, 0.1) is 6.10 Å². The second-order valence-electron chi connectivity index (χ2n) is 6.01. The highest BCUT2D eigenvalue weighted by molar-refractivity contribution is 5.78. The van der Waals surface area contributed by atoms with Crippen molar-refractivity contribution in [2.24, 2.45) is 17.6 Å². The van der Waals surface area contributed by atoms with E-state index in [1.807, 2.05) is 0 Å². The molecular formula is C15H30N2O2. The number of hydrogen-bond acceptors (Lipinski definition) is 3. The molecule has 1 fully saturated rings.